The molecule has 0 spiro atoms. The zero-order valence-corrected chi connectivity index (χ0v) is 10.2. The first-order valence-electron chi connectivity index (χ1n) is 4.87. The van der Waals surface area contributed by atoms with E-state index >= 15 is 0 Å². The largest absolute Gasteiger partial charge is 0.342 e. The van der Waals surface area contributed by atoms with Crippen molar-refractivity contribution in [3.8, 4) is 0 Å². The van der Waals surface area contributed by atoms with Crippen molar-refractivity contribution in [3.05, 3.63) is 29.6 Å². The Morgan fingerprint density at radius 1 is 1.40 bits per heavy atom. The molecular weight excluding hydrogens is 231 g/mol. The molecule has 1 aromatic carbocycles. The molecule has 0 amide bonds. The lowest BCUT2D eigenvalue weighted by Crippen LogP contribution is -1.83. The first-order valence-corrected chi connectivity index (χ1v) is 5.40. The number of imidazole rings is 1. The van der Waals surface area contributed by atoms with Crippen LogP contribution in [0.4, 0.5) is 0 Å². The van der Waals surface area contributed by atoms with Crippen molar-refractivity contribution in [1.29, 1.82) is 0 Å². The van der Waals surface area contributed by atoms with Crippen LogP contribution >= 0.6 is 24.0 Å². The summed E-state index contributed by atoms with van der Waals surface area (Å²) in [5.74, 6) is 1.62. The summed E-state index contributed by atoms with van der Waals surface area (Å²) in [4.78, 5) is 7.78. The Hall–Kier alpha value is -0.730. The van der Waals surface area contributed by atoms with Crippen molar-refractivity contribution < 1.29 is 0 Å². The van der Waals surface area contributed by atoms with Gasteiger partial charge in [0.1, 0.15) is 5.82 Å². The molecule has 0 aliphatic heterocycles. The van der Waals surface area contributed by atoms with Gasteiger partial charge in [-0.3, -0.25) is 0 Å². The normalized spacial score (nSPS) is 10.3. The molecule has 0 saturated carbocycles. The van der Waals surface area contributed by atoms with E-state index in [0.717, 1.165) is 35.3 Å². The van der Waals surface area contributed by atoms with Gasteiger partial charge in [0.05, 0.1) is 11.0 Å². The Balaban J connectivity index is 0.00000112. The van der Waals surface area contributed by atoms with Gasteiger partial charge in [-0.05, 0) is 24.1 Å². The van der Waals surface area contributed by atoms with Crippen LogP contribution in [0.1, 0.15) is 24.7 Å². The molecule has 15 heavy (non-hydrogen) atoms. The topological polar surface area (TPSA) is 28.7 Å². The van der Waals surface area contributed by atoms with E-state index in [-0.39, 0.29) is 12.4 Å². The van der Waals surface area contributed by atoms with E-state index < -0.39 is 0 Å². The minimum atomic E-state index is 0. The first kappa shape index (κ1) is 12.3. The molecule has 4 heteroatoms. The van der Waals surface area contributed by atoms with Crippen LogP contribution in [0, 0.1) is 0 Å². The highest BCUT2D eigenvalue weighted by Crippen LogP contribution is 2.15. The Labute approximate surface area is 100 Å². The van der Waals surface area contributed by atoms with E-state index in [4.69, 9.17) is 11.6 Å². The van der Waals surface area contributed by atoms with Gasteiger partial charge in [-0.25, -0.2) is 4.98 Å². The monoisotopic (exact) mass is 244 g/mol. The number of fused-ring (bicyclic) bond motifs is 1. The summed E-state index contributed by atoms with van der Waals surface area (Å²) in [5, 5.41) is 0. The number of alkyl halides is 1. The highest BCUT2D eigenvalue weighted by atomic mass is 35.5. The Kier molecular flexibility index (Phi) is 4.43. The van der Waals surface area contributed by atoms with Gasteiger partial charge < -0.3 is 4.98 Å². The minimum Gasteiger partial charge on any atom is -0.342 e. The molecule has 0 aliphatic carbocycles. The standard InChI is InChI=1S/C11H13ClN2.ClH/c1-2-3-11-13-9-5-4-8(7-12)6-10(9)14-11;/h4-6H,2-3,7H2,1H3,(H,13,14);1H. The molecule has 0 aliphatic rings. The number of benzene rings is 1. The number of nitrogens with one attached hydrogen (secondary N) is 1. The van der Waals surface area contributed by atoms with Crippen molar-refractivity contribution in [3.63, 3.8) is 0 Å². The number of hydrogen-bond acceptors (Lipinski definition) is 1. The molecule has 1 heterocycles. The molecule has 82 valence electrons. The van der Waals surface area contributed by atoms with Crippen LogP contribution in [0.5, 0.6) is 0 Å². The lowest BCUT2D eigenvalue weighted by molar-refractivity contribution is 0.861. The van der Waals surface area contributed by atoms with Crippen molar-refractivity contribution in [2.45, 2.75) is 25.6 Å². The first-order chi connectivity index (χ1) is 6.83. The van der Waals surface area contributed by atoms with Crippen LogP contribution in [-0.4, -0.2) is 9.97 Å². The van der Waals surface area contributed by atoms with Crippen molar-refractivity contribution in [1.82, 2.24) is 9.97 Å². The summed E-state index contributed by atoms with van der Waals surface area (Å²) in [6.45, 7) is 2.15. The average Bonchev–Trinajstić information content (AvgIpc) is 2.59. The van der Waals surface area contributed by atoms with Crippen LogP contribution in [0.15, 0.2) is 18.2 Å². The maximum absolute atomic E-state index is 5.76. The zero-order valence-electron chi connectivity index (χ0n) is 8.59. The van der Waals surface area contributed by atoms with E-state index in [2.05, 4.69) is 23.0 Å². The van der Waals surface area contributed by atoms with Gasteiger partial charge in [0.25, 0.3) is 0 Å². The molecule has 0 fully saturated rings. The summed E-state index contributed by atoms with van der Waals surface area (Å²) < 4.78 is 0. The van der Waals surface area contributed by atoms with E-state index in [1.807, 2.05) is 12.1 Å². The van der Waals surface area contributed by atoms with Crippen LogP contribution in [-0.2, 0) is 12.3 Å². The van der Waals surface area contributed by atoms with Crippen LogP contribution in [0.2, 0.25) is 0 Å². The predicted molar refractivity (Wildman–Crippen MR) is 66.9 cm³/mol. The fourth-order valence-corrected chi connectivity index (χ4v) is 1.71. The molecule has 2 rings (SSSR count). The molecular formula is C11H14Cl2N2. The molecule has 2 nitrogen and oxygen atoms in total. The SMILES string of the molecule is CCCc1nc2ccc(CCl)cc2[nH]1.Cl. The smallest absolute Gasteiger partial charge is 0.107 e. The lowest BCUT2D eigenvalue weighted by Gasteiger charge is -1.92. The number of aromatic nitrogens is 2. The number of aromatic amines is 1. The van der Waals surface area contributed by atoms with Gasteiger partial charge >= 0.3 is 0 Å². The summed E-state index contributed by atoms with van der Waals surface area (Å²) in [7, 11) is 0. The highest BCUT2D eigenvalue weighted by Gasteiger charge is 2.02. The van der Waals surface area contributed by atoms with E-state index in [0.29, 0.717) is 5.88 Å². The maximum atomic E-state index is 5.76. The fraction of sp³-hybridized carbons (Fsp3) is 0.364. The van der Waals surface area contributed by atoms with Crippen LogP contribution < -0.4 is 0 Å². The number of nitrogens with zero attached hydrogens (tertiary/aromatic N) is 1. The zero-order chi connectivity index (χ0) is 9.97. The van der Waals surface area contributed by atoms with E-state index in [9.17, 15) is 0 Å². The Morgan fingerprint density at radius 2 is 2.20 bits per heavy atom. The third kappa shape index (κ3) is 2.64. The Bertz CT molecular complexity index is 437. The summed E-state index contributed by atoms with van der Waals surface area (Å²) >= 11 is 5.76. The lowest BCUT2D eigenvalue weighted by atomic mass is 10.2. The second-order valence-corrected chi connectivity index (χ2v) is 3.69. The number of H-pyrrole nitrogens is 1. The van der Waals surface area contributed by atoms with E-state index in [1.54, 1.807) is 0 Å². The quantitative estimate of drug-likeness (QED) is 0.821. The summed E-state index contributed by atoms with van der Waals surface area (Å²) in [5.41, 5.74) is 3.25. The summed E-state index contributed by atoms with van der Waals surface area (Å²) in [6.07, 6.45) is 2.12. The van der Waals surface area contributed by atoms with Crippen LogP contribution in [0.25, 0.3) is 11.0 Å². The van der Waals surface area contributed by atoms with Gasteiger partial charge in [0.15, 0.2) is 0 Å². The molecule has 1 aromatic heterocycles. The van der Waals surface area contributed by atoms with Crippen molar-refractivity contribution in [2.75, 3.05) is 0 Å². The third-order valence-corrected chi connectivity index (χ3v) is 2.55. The molecule has 0 unspecified atom stereocenters. The van der Waals surface area contributed by atoms with Gasteiger partial charge in [-0.2, -0.15) is 0 Å². The number of aryl methyl sites for hydroxylation is 1. The second kappa shape index (κ2) is 5.38. The van der Waals surface area contributed by atoms with E-state index in [1.165, 1.54) is 0 Å². The molecule has 0 saturated heterocycles. The second-order valence-electron chi connectivity index (χ2n) is 3.42. The fourth-order valence-electron chi connectivity index (χ4n) is 1.55. The number of halogens is 2. The van der Waals surface area contributed by atoms with Crippen molar-refractivity contribution in [2.24, 2.45) is 0 Å². The molecule has 2 aromatic rings. The third-order valence-electron chi connectivity index (χ3n) is 2.24. The van der Waals surface area contributed by atoms with Gasteiger partial charge in [0, 0.05) is 12.3 Å². The molecule has 1 N–H and O–H groups in total. The van der Waals surface area contributed by atoms with Crippen molar-refractivity contribution >= 4 is 35.0 Å². The predicted octanol–water partition coefficient (Wildman–Crippen LogP) is 3.68. The highest BCUT2D eigenvalue weighted by molar-refractivity contribution is 6.17. The summed E-state index contributed by atoms with van der Waals surface area (Å²) in [6, 6.07) is 6.10. The molecule has 0 radical (unpaired) electrons. The van der Waals surface area contributed by atoms with Gasteiger partial charge in [-0.15, -0.1) is 24.0 Å². The van der Waals surface area contributed by atoms with Gasteiger partial charge in [0.2, 0.25) is 0 Å². The maximum Gasteiger partial charge on any atom is 0.107 e. The van der Waals surface area contributed by atoms with Gasteiger partial charge in [-0.1, -0.05) is 13.0 Å². The molecule has 0 bridgehead atoms. The number of hydrogen-bond donors (Lipinski definition) is 1. The minimum absolute atomic E-state index is 0. The van der Waals surface area contributed by atoms with Crippen LogP contribution in [0.3, 0.4) is 0 Å². The average molecular weight is 245 g/mol. The number of rotatable bonds is 3. The Morgan fingerprint density at radius 3 is 2.87 bits per heavy atom. The molecule has 0 atom stereocenters.